The van der Waals surface area contributed by atoms with Gasteiger partial charge in [0, 0.05) is 6.20 Å². The Morgan fingerprint density at radius 1 is 1.13 bits per heavy atom. The summed E-state index contributed by atoms with van der Waals surface area (Å²) in [5.74, 6) is 1.52. The molecule has 2 rings (SSSR count). The fourth-order valence-electron chi connectivity index (χ4n) is 2.18. The third-order valence-electron chi connectivity index (χ3n) is 3.80. The molecular formula is C19H24N2O2. The lowest BCUT2D eigenvalue weighted by Crippen LogP contribution is -2.31. The summed E-state index contributed by atoms with van der Waals surface area (Å²) in [5, 5.41) is 2.81. The Morgan fingerprint density at radius 2 is 1.87 bits per heavy atom. The van der Waals surface area contributed by atoms with Crippen molar-refractivity contribution in [1.29, 1.82) is 0 Å². The molecule has 0 aliphatic carbocycles. The van der Waals surface area contributed by atoms with Crippen LogP contribution in [0.1, 0.15) is 43.4 Å². The molecule has 1 aromatic heterocycles. The van der Waals surface area contributed by atoms with Crippen LogP contribution in [0.15, 0.2) is 36.5 Å². The van der Waals surface area contributed by atoms with Crippen LogP contribution in [0.5, 0.6) is 5.75 Å². The molecule has 0 fully saturated rings. The Balaban J connectivity index is 2.09. The normalized spacial score (nSPS) is 12.1. The quantitative estimate of drug-likeness (QED) is 0.899. The highest BCUT2D eigenvalue weighted by Crippen LogP contribution is 2.25. The first-order valence-electron chi connectivity index (χ1n) is 7.88. The molecule has 1 N–H and O–H groups in total. The molecule has 0 aliphatic rings. The number of amides is 1. The molecular weight excluding hydrogens is 288 g/mol. The predicted molar refractivity (Wildman–Crippen MR) is 93.0 cm³/mol. The summed E-state index contributed by atoms with van der Waals surface area (Å²) < 4.78 is 5.87. The van der Waals surface area contributed by atoms with Gasteiger partial charge in [-0.1, -0.05) is 32.0 Å². The molecule has 4 nitrogen and oxygen atoms in total. The van der Waals surface area contributed by atoms with Gasteiger partial charge in [0.25, 0.3) is 5.91 Å². The molecule has 1 unspecified atom stereocenters. The number of ether oxygens (including phenoxy) is 1. The molecule has 2 aromatic rings. The fourth-order valence-corrected chi connectivity index (χ4v) is 2.18. The minimum absolute atomic E-state index is 0.207. The van der Waals surface area contributed by atoms with E-state index >= 15 is 0 Å². The van der Waals surface area contributed by atoms with Gasteiger partial charge in [-0.15, -0.1) is 0 Å². The molecule has 0 bridgehead atoms. The molecule has 0 saturated carbocycles. The number of hydrogen-bond acceptors (Lipinski definition) is 3. The van der Waals surface area contributed by atoms with Crippen molar-refractivity contribution < 1.29 is 9.53 Å². The highest BCUT2D eigenvalue weighted by molar-refractivity contribution is 5.93. The van der Waals surface area contributed by atoms with E-state index in [1.165, 1.54) is 5.56 Å². The summed E-state index contributed by atoms with van der Waals surface area (Å²) in [4.78, 5) is 16.5. The predicted octanol–water partition coefficient (Wildman–Crippen LogP) is 4.23. The Bertz CT molecular complexity index is 696. The molecule has 1 amide bonds. The van der Waals surface area contributed by atoms with Crippen molar-refractivity contribution in [2.75, 3.05) is 5.32 Å². The number of benzene rings is 1. The second kappa shape index (κ2) is 7.27. The molecule has 122 valence electrons. The van der Waals surface area contributed by atoms with Crippen molar-refractivity contribution in [2.24, 2.45) is 0 Å². The van der Waals surface area contributed by atoms with Crippen LogP contribution in [0.25, 0.3) is 0 Å². The van der Waals surface area contributed by atoms with Crippen molar-refractivity contribution in [3.05, 3.63) is 53.2 Å². The minimum atomic E-state index is -0.600. The van der Waals surface area contributed by atoms with Crippen molar-refractivity contribution in [1.82, 2.24) is 4.98 Å². The Labute approximate surface area is 137 Å². The topological polar surface area (TPSA) is 51.2 Å². The highest BCUT2D eigenvalue weighted by atomic mass is 16.5. The van der Waals surface area contributed by atoms with Gasteiger partial charge in [-0.2, -0.15) is 0 Å². The second-order valence-electron chi connectivity index (χ2n) is 6.10. The van der Waals surface area contributed by atoms with Gasteiger partial charge in [0.2, 0.25) is 0 Å². The van der Waals surface area contributed by atoms with Gasteiger partial charge in [-0.3, -0.25) is 4.79 Å². The van der Waals surface area contributed by atoms with E-state index in [0.29, 0.717) is 11.7 Å². The smallest absolute Gasteiger partial charge is 0.266 e. The zero-order valence-corrected chi connectivity index (χ0v) is 14.4. The van der Waals surface area contributed by atoms with E-state index in [4.69, 9.17) is 4.74 Å². The zero-order valence-electron chi connectivity index (χ0n) is 14.4. The molecule has 1 atom stereocenters. The zero-order chi connectivity index (χ0) is 17.0. The number of anilines is 1. The molecule has 23 heavy (non-hydrogen) atoms. The van der Waals surface area contributed by atoms with Crippen LogP contribution in [0.3, 0.4) is 0 Å². The van der Waals surface area contributed by atoms with Crippen molar-refractivity contribution in [3.8, 4) is 5.75 Å². The van der Waals surface area contributed by atoms with Crippen LogP contribution in [0, 0.1) is 13.8 Å². The molecule has 0 radical (unpaired) electrons. The van der Waals surface area contributed by atoms with Crippen LogP contribution in [0.2, 0.25) is 0 Å². The van der Waals surface area contributed by atoms with E-state index in [9.17, 15) is 4.79 Å². The molecule has 0 saturated heterocycles. The molecule has 1 aromatic carbocycles. The number of carbonyl (C=O) groups is 1. The lowest BCUT2D eigenvalue weighted by Gasteiger charge is -2.18. The molecule has 0 aliphatic heterocycles. The first-order chi connectivity index (χ1) is 10.9. The van der Waals surface area contributed by atoms with E-state index in [0.717, 1.165) is 16.9 Å². The first-order valence-corrected chi connectivity index (χ1v) is 7.88. The third-order valence-corrected chi connectivity index (χ3v) is 3.80. The van der Waals surface area contributed by atoms with Gasteiger partial charge in [0.05, 0.1) is 0 Å². The molecule has 0 spiro atoms. The maximum atomic E-state index is 12.3. The minimum Gasteiger partial charge on any atom is -0.481 e. The maximum Gasteiger partial charge on any atom is 0.266 e. The Kier molecular flexibility index (Phi) is 5.37. The van der Waals surface area contributed by atoms with E-state index in [1.807, 2.05) is 38.1 Å². The Morgan fingerprint density at radius 3 is 2.52 bits per heavy atom. The average Bonchev–Trinajstić information content (AvgIpc) is 2.51. The monoisotopic (exact) mass is 312 g/mol. The van der Waals surface area contributed by atoms with Gasteiger partial charge >= 0.3 is 0 Å². The number of nitrogens with zero attached hydrogens (tertiary/aromatic N) is 1. The molecule has 4 heteroatoms. The third kappa shape index (κ3) is 4.31. The second-order valence-corrected chi connectivity index (χ2v) is 6.10. The van der Waals surface area contributed by atoms with Gasteiger partial charge in [0.15, 0.2) is 6.10 Å². The number of hydrogen-bond donors (Lipinski definition) is 1. The van der Waals surface area contributed by atoms with Crippen LogP contribution in [-0.2, 0) is 4.79 Å². The number of aryl methyl sites for hydroxylation is 2. The first kappa shape index (κ1) is 17.0. The summed E-state index contributed by atoms with van der Waals surface area (Å²) >= 11 is 0. The summed E-state index contributed by atoms with van der Waals surface area (Å²) in [6.45, 7) is 9.90. The Hall–Kier alpha value is -2.36. The summed E-state index contributed by atoms with van der Waals surface area (Å²) in [6.07, 6.45) is 1.06. The highest BCUT2D eigenvalue weighted by Gasteiger charge is 2.17. The van der Waals surface area contributed by atoms with E-state index < -0.39 is 6.10 Å². The van der Waals surface area contributed by atoms with Gasteiger partial charge in [-0.25, -0.2) is 4.98 Å². The number of aromatic nitrogens is 1. The number of nitrogens with one attached hydrogen (secondary N) is 1. The van der Waals surface area contributed by atoms with Crippen LogP contribution >= 0.6 is 0 Å². The largest absolute Gasteiger partial charge is 0.481 e. The van der Waals surface area contributed by atoms with E-state index in [1.54, 1.807) is 13.1 Å². The summed E-state index contributed by atoms with van der Waals surface area (Å²) in [6, 6.07) is 9.87. The lowest BCUT2D eigenvalue weighted by molar-refractivity contribution is -0.122. The van der Waals surface area contributed by atoms with Crippen LogP contribution in [0.4, 0.5) is 5.82 Å². The van der Waals surface area contributed by atoms with Crippen LogP contribution in [-0.4, -0.2) is 17.0 Å². The number of rotatable bonds is 5. The fraction of sp³-hybridized carbons (Fsp3) is 0.368. The maximum absolute atomic E-state index is 12.3. The SMILES string of the molecule is Cc1ccc(C(C)C)cc1OC(C)C(=O)Nc1ncccc1C. The van der Waals surface area contributed by atoms with E-state index in [-0.39, 0.29) is 5.91 Å². The van der Waals surface area contributed by atoms with Crippen molar-refractivity contribution in [2.45, 2.75) is 46.6 Å². The van der Waals surface area contributed by atoms with Gasteiger partial charge in [0.1, 0.15) is 11.6 Å². The van der Waals surface area contributed by atoms with Gasteiger partial charge in [-0.05, 0) is 55.5 Å². The number of pyridine rings is 1. The van der Waals surface area contributed by atoms with Crippen LogP contribution < -0.4 is 10.1 Å². The van der Waals surface area contributed by atoms with Crippen molar-refractivity contribution >= 4 is 11.7 Å². The summed E-state index contributed by atoms with van der Waals surface area (Å²) in [7, 11) is 0. The average molecular weight is 312 g/mol. The standard InChI is InChI=1S/C19H24N2O2/c1-12(2)16-9-8-13(3)17(11-16)23-15(5)19(22)21-18-14(4)7-6-10-20-18/h6-12,15H,1-5H3,(H,20,21,22). The molecule has 1 heterocycles. The van der Waals surface area contributed by atoms with Crippen molar-refractivity contribution in [3.63, 3.8) is 0 Å². The lowest BCUT2D eigenvalue weighted by atomic mass is 10.0. The van der Waals surface area contributed by atoms with Gasteiger partial charge < -0.3 is 10.1 Å². The summed E-state index contributed by atoms with van der Waals surface area (Å²) in [5.41, 5.74) is 3.13. The number of carbonyl (C=O) groups excluding carboxylic acids is 1. The van der Waals surface area contributed by atoms with E-state index in [2.05, 4.69) is 30.2 Å².